The number of amides is 1. The first-order valence-corrected chi connectivity index (χ1v) is 8.57. The molecule has 116 valence electrons. The van der Waals surface area contributed by atoms with Crippen LogP contribution < -0.4 is 5.32 Å². The summed E-state index contributed by atoms with van der Waals surface area (Å²) in [5, 5.41) is 21.4. The minimum Gasteiger partial charge on any atom is -0.477 e. The predicted molar refractivity (Wildman–Crippen MR) is 84.7 cm³/mol. The summed E-state index contributed by atoms with van der Waals surface area (Å²) in [6, 6.07) is -0.458. The number of carbonyl (C=O) groups excluding carboxylic acids is 1. The summed E-state index contributed by atoms with van der Waals surface area (Å²) in [6.45, 7) is 3.63. The van der Waals surface area contributed by atoms with Crippen molar-refractivity contribution in [3.8, 4) is 0 Å². The molecule has 0 saturated heterocycles. The monoisotopic (exact) mass is 330 g/mol. The van der Waals surface area contributed by atoms with E-state index in [2.05, 4.69) is 10.3 Å². The number of rotatable bonds is 6. The van der Waals surface area contributed by atoms with E-state index in [0.29, 0.717) is 11.5 Å². The molecule has 0 aliphatic carbocycles. The number of carbonyl (C=O) groups is 2. The molecule has 0 aromatic carbocycles. The van der Waals surface area contributed by atoms with Gasteiger partial charge in [-0.25, -0.2) is 4.79 Å². The fourth-order valence-electron chi connectivity index (χ4n) is 2.05. The van der Waals surface area contributed by atoms with Gasteiger partial charge in [0.1, 0.15) is 4.91 Å². The van der Waals surface area contributed by atoms with Crippen LogP contribution in [0, 0.1) is 5.92 Å². The van der Waals surface area contributed by atoms with Crippen LogP contribution >= 0.6 is 23.5 Å². The van der Waals surface area contributed by atoms with Gasteiger partial charge in [0, 0.05) is 23.6 Å². The second kappa shape index (κ2) is 6.41. The van der Waals surface area contributed by atoms with E-state index < -0.39 is 17.9 Å². The zero-order chi connectivity index (χ0) is 15.6. The van der Waals surface area contributed by atoms with Crippen LogP contribution in [0.3, 0.4) is 0 Å². The molecule has 6 nitrogen and oxygen atoms in total. The lowest BCUT2D eigenvalue weighted by atomic mass is 9.88. The quantitative estimate of drug-likeness (QED) is 0.664. The Morgan fingerprint density at radius 3 is 2.48 bits per heavy atom. The highest BCUT2D eigenvalue weighted by Gasteiger charge is 2.42. The molecule has 2 rings (SSSR count). The first-order valence-electron chi connectivity index (χ1n) is 6.60. The Kier molecular flexibility index (Phi) is 5.00. The van der Waals surface area contributed by atoms with Crippen molar-refractivity contribution in [3.05, 3.63) is 9.81 Å². The molecule has 0 fully saturated rings. The maximum Gasteiger partial charge on any atom is 0.343 e. The van der Waals surface area contributed by atoms with E-state index in [-0.39, 0.29) is 27.9 Å². The van der Waals surface area contributed by atoms with Crippen LogP contribution in [-0.2, 0) is 9.59 Å². The Bertz CT molecular complexity index is 512. The molecule has 3 N–H and O–H groups in total. The summed E-state index contributed by atoms with van der Waals surface area (Å²) in [5.74, 6) is -0.191. The first kappa shape index (κ1) is 16.4. The van der Waals surface area contributed by atoms with Crippen molar-refractivity contribution in [2.45, 2.75) is 25.4 Å². The smallest absolute Gasteiger partial charge is 0.343 e. The largest absolute Gasteiger partial charge is 0.477 e. The number of carboxylic acids is 1. The Morgan fingerprint density at radius 1 is 1.43 bits per heavy atom. The van der Waals surface area contributed by atoms with E-state index in [9.17, 15) is 14.7 Å². The van der Waals surface area contributed by atoms with Gasteiger partial charge in [0.25, 0.3) is 5.91 Å². The highest BCUT2D eigenvalue weighted by atomic mass is 32.2. The molecule has 0 saturated carbocycles. The Hall–Kier alpha value is -0.990. The average Bonchev–Trinajstić information content (AvgIpc) is 3.22. The number of hydrogen-bond donors (Lipinski definition) is 3. The van der Waals surface area contributed by atoms with E-state index in [0.717, 1.165) is 0 Å². The van der Waals surface area contributed by atoms with E-state index in [1.165, 1.54) is 23.5 Å². The molecule has 3 atom stereocenters. The fraction of sp³-hybridized carbons (Fsp3) is 0.615. The van der Waals surface area contributed by atoms with Gasteiger partial charge in [0.2, 0.25) is 0 Å². The molecular weight excluding hydrogens is 312 g/mol. The number of thioether (sulfide) groups is 2. The van der Waals surface area contributed by atoms with Crippen molar-refractivity contribution >= 4 is 41.6 Å². The van der Waals surface area contributed by atoms with Gasteiger partial charge < -0.3 is 15.5 Å². The molecule has 1 amide bonds. The first-order chi connectivity index (χ1) is 9.89. The normalized spacial score (nSPS) is 27.2. The molecule has 2 heterocycles. The maximum absolute atomic E-state index is 12.3. The van der Waals surface area contributed by atoms with Crippen LogP contribution in [-0.4, -0.2) is 58.0 Å². The second-order valence-electron chi connectivity index (χ2n) is 5.20. The number of hydrogen-bond acceptors (Lipinski definition) is 6. The standard InChI is InChI=1S/C13H18N2O4S2/c1-7(13(2)6-14-13)8(5-16)15-11(17)9-10(12(18)19)21-4-3-20-9/h6-8,16H,3-5H2,1-2H3,(H,15,17)(H,18,19)/t7-,8-,13?/m1/s1. The third-order valence-electron chi connectivity index (χ3n) is 3.76. The van der Waals surface area contributed by atoms with Crippen LogP contribution in [0.5, 0.6) is 0 Å². The van der Waals surface area contributed by atoms with Gasteiger partial charge in [0.15, 0.2) is 0 Å². The van der Waals surface area contributed by atoms with Gasteiger partial charge in [-0.2, -0.15) is 0 Å². The lowest BCUT2D eigenvalue weighted by molar-refractivity contribution is -0.132. The van der Waals surface area contributed by atoms with Gasteiger partial charge in [-0.1, -0.05) is 6.92 Å². The predicted octanol–water partition coefficient (Wildman–Crippen LogP) is 0.719. The van der Waals surface area contributed by atoms with E-state index in [4.69, 9.17) is 5.11 Å². The van der Waals surface area contributed by atoms with Crippen molar-refractivity contribution in [1.29, 1.82) is 0 Å². The molecule has 8 heteroatoms. The van der Waals surface area contributed by atoms with E-state index in [1.807, 2.05) is 13.8 Å². The lowest BCUT2D eigenvalue weighted by Crippen LogP contribution is -2.47. The summed E-state index contributed by atoms with van der Waals surface area (Å²) < 4.78 is 0. The third kappa shape index (κ3) is 3.61. The zero-order valence-electron chi connectivity index (χ0n) is 11.8. The van der Waals surface area contributed by atoms with Crippen LogP contribution in [0.15, 0.2) is 14.8 Å². The summed E-state index contributed by atoms with van der Waals surface area (Å²) in [6.07, 6.45) is 1.79. The molecule has 0 bridgehead atoms. The van der Waals surface area contributed by atoms with Gasteiger partial charge in [-0.3, -0.25) is 9.79 Å². The number of nitrogens with zero attached hydrogens (tertiary/aromatic N) is 1. The van der Waals surface area contributed by atoms with E-state index >= 15 is 0 Å². The van der Waals surface area contributed by atoms with Gasteiger partial charge >= 0.3 is 5.97 Å². The molecule has 2 aliphatic rings. The Balaban J connectivity index is 2.10. The van der Waals surface area contributed by atoms with Crippen LogP contribution in [0.2, 0.25) is 0 Å². The number of aliphatic hydroxyl groups excluding tert-OH is 1. The van der Waals surface area contributed by atoms with Crippen LogP contribution in [0.4, 0.5) is 0 Å². The number of carboxylic acid groups (broad SMARTS) is 1. The molecule has 0 radical (unpaired) electrons. The fourth-order valence-corrected chi connectivity index (χ4v) is 4.24. The zero-order valence-corrected chi connectivity index (χ0v) is 13.5. The minimum absolute atomic E-state index is 0.0541. The van der Waals surface area contributed by atoms with Crippen molar-refractivity contribution in [2.75, 3.05) is 18.1 Å². The van der Waals surface area contributed by atoms with Crippen LogP contribution in [0.1, 0.15) is 13.8 Å². The Labute approximate surface area is 131 Å². The van der Waals surface area contributed by atoms with Crippen molar-refractivity contribution in [2.24, 2.45) is 10.9 Å². The maximum atomic E-state index is 12.3. The topological polar surface area (TPSA) is 99.0 Å². The molecule has 2 aliphatic heterocycles. The number of aliphatic imine (C=N–C) groups is 1. The van der Waals surface area contributed by atoms with Crippen molar-refractivity contribution < 1.29 is 19.8 Å². The lowest BCUT2D eigenvalue weighted by Gasteiger charge is -2.28. The molecule has 0 aromatic heterocycles. The Morgan fingerprint density at radius 2 is 2.00 bits per heavy atom. The van der Waals surface area contributed by atoms with Crippen molar-refractivity contribution in [3.63, 3.8) is 0 Å². The number of nitrogens with one attached hydrogen (secondary N) is 1. The van der Waals surface area contributed by atoms with Gasteiger partial charge in [0.05, 0.1) is 23.1 Å². The average molecular weight is 330 g/mol. The highest BCUT2D eigenvalue weighted by molar-refractivity contribution is 8.11. The third-order valence-corrected chi connectivity index (χ3v) is 6.31. The molecule has 1 unspecified atom stereocenters. The van der Waals surface area contributed by atoms with Crippen LogP contribution in [0.25, 0.3) is 0 Å². The SMILES string of the molecule is C[C@H]([C@@H](CO)NC(=O)C1=C(C(=O)O)SCCS1)C1(C)C=N1. The summed E-state index contributed by atoms with van der Waals surface area (Å²) in [4.78, 5) is 28.0. The molecule has 21 heavy (non-hydrogen) atoms. The van der Waals surface area contributed by atoms with Gasteiger partial charge in [-0.15, -0.1) is 23.5 Å². The number of aliphatic carboxylic acids is 1. The van der Waals surface area contributed by atoms with E-state index in [1.54, 1.807) is 6.21 Å². The minimum atomic E-state index is -1.08. The molecular formula is C13H18N2O4S2. The summed E-state index contributed by atoms with van der Waals surface area (Å²) in [5.41, 5.74) is -0.320. The van der Waals surface area contributed by atoms with Crippen molar-refractivity contribution in [1.82, 2.24) is 5.32 Å². The second-order valence-corrected chi connectivity index (χ2v) is 7.41. The molecule has 0 spiro atoms. The number of aliphatic hydroxyl groups is 1. The molecule has 0 aromatic rings. The summed E-state index contributed by atoms with van der Waals surface area (Å²) >= 11 is 2.43. The summed E-state index contributed by atoms with van der Waals surface area (Å²) in [7, 11) is 0. The van der Waals surface area contributed by atoms with Gasteiger partial charge in [-0.05, 0) is 6.92 Å². The highest BCUT2D eigenvalue weighted by Crippen LogP contribution is 2.35.